The molecular formula is C12H23NO. The summed E-state index contributed by atoms with van der Waals surface area (Å²) >= 11 is 0. The maximum Gasteiger partial charge on any atom is 0.220 e. The lowest BCUT2D eigenvalue weighted by Gasteiger charge is -2.20. The quantitative estimate of drug-likeness (QED) is 0.723. The molecule has 2 heteroatoms. The lowest BCUT2D eigenvalue weighted by Crippen LogP contribution is -2.29. The van der Waals surface area contributed by atoms with Crippen molar-refractivity contribution in [3.05, 3.63) is 0 Å². The summed E-state index contributed by atoms with van der Waals surface area (Å²) < 4.78 is 0. The average molecular weight is 197 g/mol. The van der Waals surface area contributed by atoms with Crippen LogP contribution in [-0.2, 0) is 4.79 Å². The molecule has 2 nitrogen and oxygen atoms in total. The second-order valence-corrected chi connectivity index (χ2v) is 5.02. The maximum absolute atomic E-state index is 11.3. The van der Waals surface area contributed by atoms with Gasteiger partial charge in [0, 0.05) is 5.92 Å². The second-order valence-electron chi connectivity index (χ2n) is 5.02. The predicted molar refractivity (Wildman–Crippen MR) is 58.7 cm³/mol. The molecule has 1 saturated carbocycles. The minimum absolute atomic E-state index is 0.0717. The van der Waals surface area contributed by atoms with E-state index >= 15 is 0 Å². The first-order chi connectivity index (χ1) is 6.61. The van der Waals surface area contributed by atoms with Gasteiger partial charge in [-0.15, -0.1) is 0 Å². The van der Waals surface area contributed by atoms with Gasteiger partial charge in [-0.3, -0.25) is 4.79 Å². The Labute approximate surface area is 87.2 Å². The van der Waals surface area contributed by atoms with E-state index in [-0.39, 0.29) is 11.8 Å². The van der Waals surface area contributed by atoms with Gasteiger partial charge in [0.05, 0.1) is 0 Å². The van der Waals surface area contributed by atoms with Gasteiger partial charge in [0.2, 0.25) is 5.91 Å². The maximum atomic E-state index is 11.3. The molecule has 0 aliphatic heterocycles. The van der Waals surface area contributed by atoms with Crippen LogP contribution in [0.1, 0.15) is 52.4 Å². The molecule has 1 unspecified atom stereocenters. The Hall–Kier alpha value is -0.530. The first-order valence-corrected chi connectivity index (χ1v) is 5.90. The van der Waals surface area contributed by atoms with Gasteiger partial charge in [-0.2, -0.15) is 0 Å². The van der Waals surface area contributed by atoms with Crippen molar-refractivity contribution in [1.82, 2.24) is 0 Å². The van der Waals surface area contributed by atoms with Crippen LogP contribution in [0.5, 0.6) is 0 Å². The first-order valence-electron chi connectivity index (χ1n) is 5.90. The van der Waals surface area contributed by atoms with Gasteiger partial charge in [0.25, 0.3) is 0 Å². The number of hydrogen-bond acceptors (Lipinski definition) is 1. The van der Waals surface area contributed by atoms with Crippen LogP contribution < -0.4 is 5.73 Å². The molecule has 1 rings (SSSR count). The van der Waals surface area contributed by atoms with Crippen LogP contribution in [0.25, 0.3) is 0 Å². The van der Waals surface area contributed by atoms with E-state index in [2.05, 4.69) is 13.8 Å². The number of carbonyl (C=O) groups is 1. The third kappa shape index (κ3) is 3.32. The van der Waals surface area contributed by atoms with Crippen molar-refractivity contribution in [2.24, 2.45) is 23.5 Å². The highest BCUT2D eigenvalue weighted by Crippen LogP contribution is 2.34. The van der Waals surface area contributed by atoms with Crippen LogP contribution >= 0.6 is 0 Å². The largest absolute Gasteiger partial charge is 0.369 e. The van der Waals surface area contributed by atoms with Crippen molar-refractivity contribution in [2.75, 3.05) is 0 Å². The lowest BCUT2D eigenvalue weighted by molar-refractivity contribution is -0.123. The fourth-order valence-electron chi connectivity index (χ4n) is 2.48. The minimum Gasteiger partial charge on any atom is -0.369 e. The van der Waals surface area contributed by atoms with Gasteiger partial charge in [-0.1, -0.05) is 33.1 Å². The SMILES string of the molecule is CC(C)CCC(C(N)=O)C1CCCC1. The number of carbonyl (C=O) groups excluding carboxylic acids is 1. The molecule has 0 aromatic carbocycles. The van der Waals surface area contributed by atoms with Crippen LogP contribution in [0.2, 0.25) is 0 Å². The third-order valence-corrected chi connectivity index (χ3v) is 3.39. The summed E-state index contributed by atoms with van der Waals surface area (Å²) in [5.74, 6) is 1.35. The molecule has 1 aliphatic rings. The molecule has 0 spiro atoms. The highest BCUT2D eigenvalue weighted by Gasteiger charge is 2.28. The Morgan fingerprint density at radius 2 is 1.86 bits per heavy atom. The zero-order chi connectivity index (χ0) is 10.6. The molecule has 82 valence electrons. The molecule has 0 radical (unpaired) electrons. The topological polar surface area (TPSA) is 43.1 Å². The first kappa shape index (κ1) is 11.5. The number of primary amides is 1. The summed E-state index contributed by atoms with van der Waals surface area (Å²) in [4.78, 5) is 11.3. The van der Waals surface area contributed by atoms with Crippen LogP contribution in [0.4, 0.5) is 0 Å². The Bertz CT molecular complexity index is 183. The predicted octanol–water partition coefficient (Wildman–Crippen LogP) is 2.71. The van der Waals surface area contributed by atoms with Crippen LogP contribution in [-0.4, -0.2) is 5.91 Å². The summed E-state index contributed by atoms with van der Waals surface area (Å²) in [6, 6.07) is 0. The van der Waals surface area contributed by atoms with Crippen LogP contribution in [0.3, 0.4) is 0 Å². The molecule has 0 heterocycles. The van der Waals surface area contributed by atoms with Crippen LogP contribution in [0, 0.1) is 17.8 Å². The standard InChI is InChI=1S/C12H23NO/c1-9(2)7-8-11(12(13)14)10-5-3-4-6-10/h9-11H,3-8H2,1-2H3,(H2,13,14). The van der Waals surface area contributed by atoms with Crippen molar-refractivity contribution in [1.29, 1.82) is 0 Å². The summed E-state index contributed by atoms with van der Waals surface area (Å²) in [5, 5.41) is 0. The smallest absolute Gasteiger partial charge is 0.220 e. The second kappa shape index (κ2) is 5.38. The molecule has 14 heavy (non-hydrogen) atoms. The molecule has 0 aromatic heterocycles. The molecule has 2 N–H and O–H groups in total. The van der Waals surface area contributed by atoms with E-state index in [0.717, 1.165) is 12.8 Å². The van der Waals surface area contributed by atoms with E-state index in [9.17, 15) is 4.79 Å². The average Bonchev–Trinajstić information content (AvgIpc) is 2.56. The highest BCUT2D eigenvalue weighted by molar-refractivity contribution is 5.76. The van der Waals surface area contributed by atoms with Crippen molar-refractivity contribution >= 4 is 5.91 Å². The van der Waals surface area contributed by atoms with Gasteiger partial charge in [-0.05, 0) is 31.1 Å². The number of hydrogen-bond donors (Lipinski definition) is 1. The summed E-state index contributed by atoms with van der Waals surface area (Å²) in [5.41, 5.74) is 5.46. The molecular weight excluding hydrogens is 174 g/mol. The Morgan fingerprint density at radius 1 is 1.29 bits per heavy atom. The van der Waals surface area contributed by atoms with Crippen molar-refractivity contribution in [3.63, 3.8) is 0 Å². The van der Waals surface area contributed by atoms with Crippen molar-refractivity contribution in [2.45, 2.75) is 52.4 Å². The van der Waals surface area contributed by atoms with E-state index in [1.807, 2.05) is 0 Å². The number of rotatable bonds is 5. The van der Waals surface area contributed by atoms with Gasteiger partial charge in [0.15, 0.2) is 0 Å². The van der Waals surface area contributed by atoms with Gasteiger partial charge >= 0.3 is 0 Å². The molecule has 1 amide bonds. The summed E-state index contributed by atoms with van der Waals surface area (Å²) in [6.45, 7) is 4.40. The van der Waals surface area contributed by atoms with Crippen molar-refractivity contribution < 1.29 is 4.79 Å². The highest BCUT2D eigenvalue weighted by atomic mass is 16.1. The fourth-order valence-corrected chi connectivity index (χ4v) is 2.48. The zero-order valence-corrected chi connectivity index (χ0v) is 9.46. The molecule has 1 atom stereocenters. The Balaban J connectivity index is 2.42. The summed E-state index contributed by atoms with van der Waals surface area (Å²) in [6.07, 6.45) is 7.13. The molecule has 1 aliphatic carbocycles. The number of nitrogens with two attached hydrogens (primary N) is 1. The Morgan fingerprint density at radius 3 is 2.29 bits per heavy atom. The lowest BCUT2D eigenvalue weighted by atomic mass is 9.85. The summed E-state index contributed by atoms with van der Waals surface area (Å²) in [7, 11) is 0. The van der Waals surface area contributed by atoms with Crippen molar-refractivity contribution in [3.8, 4) is 0 Å². The van der Waals surface area contributed by atoms with E-state index in [1.54, 1.807) is 0 Å². The van der Waals surface area contributed by atoms with E-state index in [4.69, 9.17) is 5.73 Å². The monoisotopic (exact) mass is 197 g/mol. The van der Waals surface area contributed by atoms with E-state index < -0.39 is 0 Å². The van der Waals surface area contributed by atoms with Crippen LogP contribution in [0.15, 0.2) is 0 Å². The van der Waals surface area contributed by atoms with Gasteiger partial charge < -0.3 is 5.73 Å². The van der Waals surface area contributed by atoms with Gasteiger partial charge in [0.1, 0.15) is 0 Å². The van der Waals surface area contributed by atoms with E-state index in [1.165, 1.54) is 25.7 Å². The third-order valence-electron chi connectivity index (χ3n) is 3.39. The molecule has 0 bridgehead atoms. The zero-order valence-electron chi connectivity index (χ0n) is 9.46. The molecule has 1 fully saturated rings. The minimum atomic E-state index is -0.0717. The molecule has 0 aromatic rings. The fraction of sp³-hybridized carbons (Fsp3) is 0.917. The van der Waals surface area contributed by atoms with E-state index in [0.29, 0.717) is 11.8 Å². The Kier molecular flexibility index (Phi) is 4.43. The number of amides is 1. The normalized spacial score (nSPS) is 20.2. The molecule has 0 saturated heterocycles. The van der Waals surface area contributed by atoms with Gasteiger partial charge in [-0.25, -0.2) is 0 Å².